The van der Waals surface area contributed by atoms with Crippen LogP contribution in [-0.4, -0.2) is 35.9 Å². The molecule has 0 aromatic carbocycles. The molecular weight excluding hydrogens is 194 g/mol. The number of rotatable bonds is 8. The van der Waals surface area contributed by atoms with Crippen molar-refractivity contribution in [3.8, 4) is 0 Å². The molecule has 2 unspecified atom stereocenters. The van der Waals surface area contributed by atoms with Gasteiger partial charge in [-0.05, 0) is 6.42 Å². The van der Waals surface area contributed by atoms with E-state index in [1.165, 1.54) is 25.7 Å². The topological polar surface area (TPSA) is 44.5 Å². The van der Waals surface area contributed by atoms with E-state index in [1.807, 2.05) is 0 Å². The van der Waals surface area contributed by atoms with Crippen LogP contribution in [0.5, 0.6) is 0 Å². The molecule has 0 saturated carbocycles. The van der Waals surface area contributed by atoms with Crippen LogP contribution in [0, 0.1) is 0 Å². The van der Waals surface area contributed by atoms with Crippen molar-refractivity contribution in [3.63, 3.8) is 0 Å². The van der Waals surface area contributed by atoms with Crippen molar-refractivity contribution in [2.45, 2.75) is 50.5 Å². The van der Waals surface area contributed by atoms with E-state index in [-0.39, 0.29) is 6.10 Å². The van der Waals surface area contributed by atoms with Crippen LogP contribution in [0.2, 0.25) is 0 Å². The summed E-state index contributed by atoms with van der Waals surface area (Å²) in [7, 11) is 4.16. The summed E-state index contributed by atoms with van der Waals surface area (Å²) >= 11 is 0. The molecule has 3 nitrogen and oxygen atoms in total. The van der Waals surface area contributed by atoms with Gasteiger partial charge in [-0.2, -0.15) is 0 Å². The molecule has 0 aliphatic rings. The fourth-order valence-corrected chi connectivity index (χ4v) is 2.05. The van der Waals surface area contributed by atoms with Crippen molar-refractivity contribution in [1.82, 2.24) is 0 Å². The second-order valence-electron chi connectivity index (χ2n) is 3.96. The number of ether oxygens (including phenoxy) is 2. The van der Waals surface area contributed by atoms with Gasteiger partial charge >= 0.3 is 0 Å². The fraction of sp³-hybridized carbons (Fsp3) is 1.00. The number of unbranched alkanes of at least 4 members (excludes halogenated alkanes) is 3. The van der Waals surface area contributed by atoms with Gasteiger partial charge in [-0.25, -0.2) is 0 Å². The molecule has 2 atom stereocenters. The third kappa shape index (κ3) is 5.10. The van der Waals surface area contributed by atoms with E-state index in [2.05, 4.69) is 6.92 Å². The van der Waals surface area contributed by atoms with Crippen molar-refractivity contribution >= 4 is 10.2 Å². The summed E-state index contributed by atoms with van der Waals surface area (Å²) in [5.41, 5.74) is 6.00. The molecule has 0 aromatic heterocycles. The zero-order valence-corrected chi connectivity index (χ0v) is 12.0. The Labute approximate surface area is 90.8 Å². The maximum Gasteiger partial charge on any atom is 0.117 e. The summed E-state index contributed by atoms with van der Waals surface area (Å²) in [4.78, 5) is 0. The number of nitrogens with two attached hydrogens (primary N) is 1. The number of methoxy groups -OCH3 is 2. The summed E-state index contributed by atoms with van der Waals surface area (Å²) in [5, 5.41) is -0.527. The highest BCUT2D eigenvalue weighted by Crippen LogP contribution is 2.15. The lowest BCUT2D eigenvalue weighted by atomic mass is 10.1. The first-order chi connectivity index (χ1) is 6.58. The van der Waals surface area contributed by atoms with E-state index in [9.17, 15) is 0 Å². The van der Waals surface area contributed by atoms with Gasteiger partial charge in [0.25, 0.3) is 0 Å². The second-order valence-corrected chi connectivity index (χ2v) is 5.52. The van der Waals surface area contributed by atoms with E-state index in [4.69, 9.17) is 15.2 Å². The predicted octanol–water partition coefficient (Wildman–Crippen LogP) is 0.596. The van der Waals surface area contributed by atoms with Gasteiger partial charge in [-0.15, -0.1) is 0 Å². The Kier molecular flexibility index (Phi) is 7.45. The molecule has 0 saturated heterocycles. The Bertz CT molecular complexity index is 142. The largest absolute Gasteiger partial charge is 0.377 e. The Morgan fingerprint density at radius 2 is 1.93 bits per heavy atom. The molecule has 0 rings (SSSR count). The standard InChI is InChI=1S/C10H25NO2Si/c1-4-5-6-7-8-9(12-2)10(11,14)13-3/h9H,4-8,11H2,1-3,14H3. The zero-order chi connectivity index (χ0) is 11.0. The Balaban J connectivity index is 3.79. The van der Waals surface area contributed by atoms with Crippen LogP contribution in [0.15, 0.2) is 0 Å². The molecular formula is C10H25NO2Si. The molecule has 0 fully saturated rings. The van der Waals surface area contributed by atoms with Crippen LogP contribution in [0.4, 0.5) is 0 Å². The molecule has 0 amide bonds. The molecule has 0 spiro atoms. The molecule has 14 heavy (non-hydrogen) atoms. The summed E-state index contributed by atoms with van der Waals surface area (Å²) in [6.45, 7) is 2.21. The Morgan fingerprint density at radius 3 is 2.36 bits per heavy atom. The van der Waals surface area contributed by atoms with Gasteiger partial charge in [0.1, 0.15) is 5.35 Å². The highest BCUT2D eigenvalue weighted by atomic mass is 28.1. The predicted molar refractivity (Wildman–Crippen MR) is 63.4 cm³/mol. The van der Waals surface area contributed by atoms with Crippen molar-refractivity contribution in [1.29, 1.82) is 0 Å². The highest BCUT2D eigenvalue weighted by Gasteiger charge is 2.28. The number of hydrogen-bond acceptors (Lipinski definition) is 3. The minimum Gasteiger partial charge on any atom is -0.377 e. The minimum absolute atomic E-state index is 0.0519. The fourth-order valence-electron chi connectivity index (χ4n) is 1.53. The monoisotopic (exact) mass is 219 g/mol. The molecule has 2 N–H and O–H groups in total. The van der Waals surface area contributed by atoms with Gasteiger partial charge < -0.3 is 15.2 Å². The normalized spacial score (nSPS) is 18.0. The third-order valence-electron chi connectivity index (χ3n) is 2.68. The quantitative estimate of drug-likeness (QED) is 0.369. The second kappa shape index (κ2) is 7.40. The van der Waals surface area contributed by atoms with Crippen LogP contribution >= 0.6 is 0 Å². The van der Waals surface area contributed by atoms with Crippen molar-refractivity contribution in [2.75, 3.05) is 14.2 Å². The molecule has 0 heterocycles. The van der Waals surface area contributed by atoms with E-state index < -0.39 is 5.35 Å². The minimum atomic E-state index is -0.527. The van der Waals surface area contributed by atoms with Crippen LogP contribution in [-0.2, 0) is 9.47 Å². The van der Waals surface area contributed by atoms with Gasteiger partial charge in [0.2, 0.25) is 0 Å². The third-order valence-corrected chi connectivity index (χ3v) is 3.74. The van der Waals surface area contributed by atoms with Crippen LogP contribution in [0.3, 0.4) is 0 Å². The first-order valence-corrected chi connectivity index (χ1v) is 6.45. The van der Waals surface area contributed by atoms with Gasteiger partial charge in [0, 0.05) is 14.2 Å². The van der Waals surface area contributed by atoms with Crippen molar-refractivity contribution < 1.29 is 9.47 Å². The van der Waals surface area contributed by atoms with Crippen molar-refractivity contribution in [3.05, 3.63) is 0 Å². The van der Waals surface area contributed by atoms with E-state index in [0.717, 1.165) is 16.7 Å². The highest BCUT2D eigenvalue weighted by molar-refractivity contribution is 6.14. The summed E-state index contributed by atoms with van der Waals surface area (Å²) in [6.07, 6.45) is 6.05. The first kappa shape index (κ1) is 14.1. The van der Waals surface area contributed by atoms with Crippen LogP contribution in [0.25, 0.3) is 0 Å². The lowest BCUT2D eigenvalue weighted by Crippen LogP contribution is -2.53. The van der Waals surface area contributed by atoms with Gasteiger partial charge in [0.15, 0.2) is 0 Å². The SMILES string of the molecule is CCCCCCC(OC)C(N)([SiH3])OC. The molecule has 0 aliphatic heterocycles. The summed E-state index contributed by atoms with van der Waals surface area (Å²) in [6, 6.07) is 0. The van der Waals surface area contributed by atoms with Gasteiger partial charge in [0.05, 0.1) is 16.3 Å². The average molecular weight is 219 g/mol. The molecule has 86 valence electrons. The molecule has 0 aromatic rings. The first-order valence-electron chi connectivity index (χ1n) is 5.45. The molecule has 0 radical (unpaired) electrons. The van der Waals surface area contributed by atoms with Crippen LogP contribution < -0.4 is 5.73 Å². The molecule has 0 aliphatic carbocycles. The van der Waals surface area contributed by atoms with Gasteiger partial charge in [-0.3, -0.25) is 0 Å². The average Bonchev–Trinajstić information content (AvgIpc) is 2.17. The lowest BCUT2D eigenvalue weighted by molar-refractivity contribution is -0.0652. The van der Waals surface area contributed by atoms with Crippen LogP contribution in [0.1, 0.15) is 39.0 Å². The van der Waals surface area contributed by atoms with Crippen molar-refractivity contribution in [2.24, 2.45) is 5.73 Å². The lowest BCUT2D eigenvalue weighted by Gasteiger charge is -2.32. The van der Waals surface area contributed by atoms with E-state index in [1.54, 1.807) is 14.2 Å². The van der Waals surface area contributed by atoms with Gasteiger partial charge in [-0.1, -0.05) is 32.6 Å². The Morgan fingerprint density at radius 1 is 1.29 bits per heavy atom. The maximum atomic E-state index is 6.00. The van der Waals surface area contributed by atoms with E-state index >= 15 is 0 Å². The summed E-state index contributed by atoms with van der Waals surface area (Å²) in [5.74, 6) is 0. The smallest absolute Gasteiger partial charge is 0.117 e. The molecule has 4 heteroatoms. The summed E-state index contributed by atoms with van der Waals surface area (Å²) < 4.78 is 10.6. The Hall–Kier alpha value is 0.0969. The number of hydrogen-bond donors (Lipinski definition) is 1. The zero-order valence-electron chi connectivity index (χ0n) is 10.0. The molecule has 0 bridgehead atoms. The maximum absolute atomic E-state index is 6.00. The van der Waals surface area contributed by atoms with E-state index in [0.29, 0.717) is 0 Å².